The summed E-state index contributed by atoms with van der Waals surface area (Å²) in [6.45, 7) is 0.371. The molecule has 1 atom stereocenters. The van der Waals surface area contributed by atoms with Gasteiger partial charge in [-0.1, -0.05) is 6.07 Å². The Bertz CT molecular complexity index is 414. The van der Waals surface area contributed by atoms with Crippen LogP contribution < -0.4 is 10.1 Å². The molecule has 94 valence electrons. The van der Waals surface area contributed by atoms with E-state index in [2.05, 4.69) is 5.32 Å². The Labute approximate surface area is 105 Å². The van der Waals surface area contributed by atoms with Gasteiger partial charge in [0.15, 0.2) is 11.6 Å². The maximum absolute atomic E-state index is 13.2. The van der Waals surface area contributed by atoms with Crippen molar-refractivity contribution in [3.05, 3.63) is 29.6 Å². The molecule has 0 unspecified atom stereocenters. The number of nitrogens with one attached hydrogen (secondary N) is 1. The summed E-state index contributed by atoms with van der Waals surface area (Å²) in [5.41, 5.74) is 0.815. The van der Waals surface area contributed by atoms with Crippen molar-refractivity contribution < 1.29 is 18.7 Å². The minimum atomic E-state index is -0.445. The van der Waals surface area contributed by atoms with Gasteiger partial charge in [-0.05, 0) is 17.7 Å². The van der Waals surface area contributed by atoms with Crippen LogP contribution in [0.15, 0.2) is 18.2 Å². The van der Waals surface area contributed by atoms with Gasteiger partial charge in [0.05, 0.1) is 19.8 Å². The molecule has 4 nitrogen and oxygen atoms in total. The van der Waals surface area contributed by atoms with Crippen LogP contribution in [0.2, 0.25) is 0 Å². The van der Waals surface area contributed by atoms with Crippen LogP contribution in [0.3, 0.4) is 0 Å². The molecule has 0 radical (unpaired) electrons. The third-order valence-corrected chi connectivity index (χ3v) is 2.51. The summed E-state index contributed by atoms with van der Waals surface area (Å²) in [7, 11) is 1.41. The lowest BCUT2D eigenvalue weighted by Crippen LogP contribution is -2.35. The molecule has 1 heterocycles. The van der Waals surface area contributed by atoms with Crippen molar-refractivity contribution in [1.29, 1.82) is 0 Å². The van der Waals surface area contributed by atoms with E-state index >= 15 is 0 Å². The fraction of sp³-hybridized carbons (Fsp3) is 0.364. The zero-order chi connectivity index (χ0) is 11.5. The number of halogens is 2. The Morgan fingerprint density at radius 2 is 2.29 bits per heavy atom. The number of benzene rings is 1. The molecule has 0 aromatic heterocycles. The van der Waals surface area contributed by atoms with E-state index in [1.807, 2.05) is 0 Å². The van der Waals surface area contributed by atoms with E-state index in [0.717, 1.165) is 5.56 Å². The van der Waals surface area contributed by atoms with Gasteiger partial charge in [0.1, 0.15) is 0 Å². The average molecular weight is 262 g/mol. The molecule has 6 heteroatoms. The first-order valence-electron chi connectivity index (χ1n) is 4.97. The third-order valence-electron chi connectivity index (χ3n) is 2.51. The largest absolute Gasteiger partial charge is 0.494 e. The van der Waals surface area contributed by atoms with Gasteiger partial charge >= 0.3 is 6.09 Å². The molecule has 1 amide bonds. The highest BCUT2D eigenvalue weighted by Crippen LogP contribution is 2.25. The smallest absolute Gasteiger partial charge is 0.407 e. The van der Waals surface area contributed by atoms with Crippen molar-refractivity contribution in [3.8, 4) is 5.75 Å². The summed E-state index contributed by atoms with van der Waals surface area (Å²) in [6.07, 6.45) is 0.222. The third kappa shape index (κ3) is 3.00. The van der Waals surface area contributed by atoms with Crippen LogP contribution in [0.1, 0.15) is 18.0 Å². The maximum Gasteiger partial charge on any atom is 0.407 e. The van der Waals surface area contributed by atoms with Gasteiger partial charge < -0.3 is 14.8 Å². The topological polar surface area (TPSA) is 47.6 Å². The molecular weight excluding hydrogens is 249 g/mol. The molecule has 1 aromatic carbocycles. The fourth-order valence-corrected chi connectivity index (χ4v) is 1.67. The molecule has 1 fully saturated rings. The standard InChI is InChI=1S/C11H12FNO3.ClH/c1-15-10-6-7(2-3-8(10)12)9-4-5-16-11(14)13-9;/h2-3,6,9H,4-5H2,1H3,(H,13,14);1H/t9-;/m1./s1. The van der Waals surface area contributed by atoms with Crippen molar-refractivity contribution in [2.24, 2.45) is 0 Å². The zero-order valence-electron chi connectivity index (χ0n) is 9.23. The number of alkyl carbamates (subject to hydrolysis) is 1. The Balaban J connectivity index is 0.00000144. The molecule has 0 aliphatic carbocycles. The van der Waals surface area contributed by atoms with Crippen LogP contribution in [-0.2, 0) is 4.74 Å². The molecule has 1 aliphatic rings. The maximum atomic E-state index is 13.2. The Morgan fingerprint density at radius 3 is 2.94 bits per heavy atom. The molecule has 0 spiro atoms. The van der Waals surface area contributed by atoms with Crippen molar-refractivity contribution in [1.82, 2.24) is 5.32 Å². The number of ether oxygens (including phenoxy) is 2. The Morgan fingerprint density at radius 1 is 1.53 bits per heavy atom. The lowest BCUT2D eigenvalue weighted by molar-refractivity contribution is 0.115. The van der Waals surface area contributed by atoms with Crippen molar-refractivity contribution >= 4 is 18.5 Å². The van der Waals surface area contributed by atoms with Crippen LogP contribution in [-0.4, -0.2) is 19.8 Å². The van der Waals surface area contributed by atoms with E-state index in [0.29, 0.717) is 13.0 Å². The van der Waals surface area contributed by atoms with Gasteiger partial charge in [-0.2, -0.15) is 0 Å². The molecule has 2 rings (SSSR count). The second kappa shape index (κ2) is 5.72. The summed E-state index contributed by atoms with van der Waals surface area (Å²) in [5, 5.41) is 2.66. The number of cyclic esters (lactones) is 1. The van der Waals surface area contributed by atoms with Gasteiger partial charge in [-0.25, -0.2) is 9.18 Å². The first-order valence-corrected chi connectivity index (χ1v) is 4.97. The van der Waals surface area contributed by atoms with Crippen molar-refractivity contribution in [2.45, 2.75) is 12.5 Å². The second-order valence-electron chi connectivity index (χ2n) is 3.52. The molecule has 17 heavy (non-hydrogen) atoms. The number of carbonyl (C=O) groups excluding carboxylic acids is 1. The van der Waals surface area contributed by atoms with E-state index in [9.17, 15) is 9.18 Å². The minimum absolute atomic E-state index is 0. The van der Waals surface area contributed by atoms with Crippen LogP contribution in [0.25, 0.3) is 0 Å². The number of carbonyl (C=O) groups is 1. The molecule has 1 aromatic rings. The average Bonchev–Trinajstić information content (AvgIpc) is 2.29. The first kappa shape index (κ1) is 13.6. The number of hydrogen-bond donors (Lipinski definition) is 1. The van der Waals surface area contributed by atoms with Gasteiger partial charge in [0.2, 0.25) is 0 Å². The van der Waals surface area contributed by atoms with Crippen LogP contribution in [0.4, 0.5) is 9.18 Å². The highest BCUT2D eigenvalue weighted by atomic mass is 35.5. The van der Waals surface area contributed by atoms with Gasteiger partial charge in [0, 0.05) is 6.42 Å². The lowest BCUT2D eigenvalue weighted by atomic mass is 10.0. The summed E-state index contributed by atoms with van der Waals surface area (Å²) in [4.78, 5) is 11.0. The first-order chi connectivity index (χ1) is 7.70. The van der Waals surface area contributed by atoms with E-state index in [4.69, 9.17) is 9.47 Å². The summed E-state index contributed by atoms with van der Waals surface area (Å²) in [6, 6.07) is 4.41. The number of amides is 1. The van der Waals surface area contributed by atoms with Gasteiger partial charge in [-0.3, -0.25) is 0 Å². The van der Waals surface area contributed by atoms with E-state index in [-0.39, 0.29) is 24.2 Å². The molecule has 1 aliphatic heterocycles. The molecule has 0 bridgehead atoms. The van der Waals surface area contributed by atoms with Gasteiger partial charge in [-0.15, -0.1) is 12.4 Å². The second-order valence-corrected chi connectivity index (χ2v) is 3.52. The summed E-state index contributed by atoms with van der Waals surface area (Å²) < 4.78 is 22.8. The Hall–Kier alpha value is -1.49. The lowest BCUT2D eigenvalue weighted by Gasteiger charge is -2.23. The zero-order valence-corrected chi connectivity index (χ0v) is 10.1. The Kier molecular flexibility index (Phi) is 4.57. The van der Waals surface area contributed by atoms with Crippen molar-refractivity contribution in [3.63, 3.8) is 0 Å². The summed E-state index contributed by atoms with van der Waals surface area (Å²) in [5.74, 6) is -0.233. The molecule has 1 saturated heterocycles. The van der Waals surface area contributed by atoms with E-state index in [1.165, 1.54) is 13.2 Å². The highest BCUT2D eigenvalue weighted by molar-refractivity contribution is 5.85. The van der Waals surface area contributed by atoms with Gasteiger partial charge in [0.25, 0.3) is 0 Å². The highest BCUT2D eigenvalue weighted by Gasteiger charge is 2.21. The predicted molar refractivity (Wildman–Crippen MR) is 62.0 cm³/mol. The quantitative estimate of drug-likeness (QED) is 0.889. The monoisotopic (exact) mass is 261 g/mol. The minimum Gasteiger partial charge on any atom is -0.494 e. The van der Waals surface area contributed by atoms with Crippen LogP contribution in [0.5, 0.6) is 5.75 Å². The van der Waals surface area contributed by atoms with E-state index < -0.39 is 11.9 Å². The van der Waals surface area contributed by atoms with Crippen LogP contribution >= 0.6 is 12.4 Å². The molecule has 1 N–H and O–H groups in total. The van der Waals surface area contributed by atoms with E-state index in [1.54, 1.807) is 12.1 Å². The normalized spacial score (nSPS) is 18.7. The number of rotatable bonds is 2. The fourth-order valence-electron chi connectivity index (χ4n) is 1.67. The van der Waals surface area contributed by atoms with Crippen LogP contribution in [0, 0.1) is 5.82 Å². The summed E-state index contributed by atoms with van der Waals surface area (Å²) >= 11 is 0. The SMILES string of the molecule is COc1cc([C@H]2CCOC(=O)N2)ccc1F.Cl. The predicted octanol–water partition coefficient (Wildman–Crippen LogP) is 2.43. The number of methoxy groups -OCH3 is 1. The molecular formula is C11H13ClFNO3. The van der Waals surface area contributed by atoms with Crippen molar-refractivity contribution in [2.75, 3.05) is 13.7 Å². The number of hydrogen-bond acceptors (Lipinski definition) is 3. The molecule has 0 saturated carbocycles.